The van der Waals surface area contributed by atoms with E-state index in [4.69, 9.17) is 10.5 Å². The first-order chi connectivity index (χ1) is 9.47. The zero-order valence-corrected chi connectivity index (χ0v) is 13.6. The van der Waals surface area contributed by atoms with E-state index in [2.05, 4.69) is 50.8 Å². The Morgan fingerprint density at radius 2 is 1.80 bits per heavy atom. The fourth-order valence-electron chi connectivity index (χ4n) is 2.54. The molecule has 2 atom stereocenters. The number of hydrogen-bond acceptors (Lipinski definition) is 3. The monoisotopic (exact) mass is 278 g/mol. The summed E-state index contributed by atoms with van der Waals surface area (Å²) in [5.41, 5.74) is 10.2. The Bertz CT molecular complexity index is 386. The molecular weight excluding hydrogens is 248 g/mol. The van der Waals surface area contributed by atoms with Crippen LogP contribution in [-0.2, 0) is 4.74 Å². The molecule has 2 N–H and O–H groups in total. The molecule has 0 heterocycles. The topological polar surface area (TPSA) is 38.5 Å². The maximum absolute atomic E-state index is 6.42. The van der Waals surface area contributed by atoms with Gasteiger partial charge in [-0.15, -0.1) is 0 Å². The summed E-state index contributed by atoms with van der Waals surface area (Å²) in [5, 5.41) is 0. The van der Waals surface area contributed by atoms with E-state index in [1.807, 2.05) is 0 Å². The van der Waals surface area contributed by atoms with Crippen molar-refractivity contribution >= 4 is 0 Å². The molecule has 1 aromatic rings. The van der Waals surface area contributed by atoms with Gasteiger partial charge in [-0.1, -0.05) is 36.2 Å². The van der Waals surface area contributed by atoms with Crippen molar-refractivity contribution in [3.05, 3.63) is 34.9 Å². The summed E-state index contributed by atoms with van der Waals surface area (Å²) in [4.78, 5) is 2.42. The van der Waals surface area contributed by atoms with Gasteiger partial charge >= 0.3 is 0 Å². The lowest BCUT2D eigenvalue weighted by molar-refractivity contribution is 0.118. The number of rotatable bonds is 8. The van der Waals surface area contributed by atoms with Gasteiger partial charge in [0.25, 0.3) is 0 Å². The van der Waals surface area contributed by atoms with Crippen molar-refractivity contribution in [3.8, 4) is 0 Å². The molecule has 114 valence electrons. The number of ether oxygens (including phenoxy) is 1. The van der Waals surface area contributed by atoms with Crippen LogP contribution in [0.5, 0.6) is 0 Å². The van der Waals surface area contributed by atoms with E-state index in [1.165, 1.54) is 16.7 Å². The molecule has 0 saturated heterocycles. The summed E-state index contributed by atoms with van der Waals surface area (Å²) in [6.45, 7) is 11.3. The zero-order valence-electron chi connectivity index (χ0n) is 13.6. The Hall–Kier alpha value is -0.900. The zero-order chi connectivity index (χ0) is 15.1. The molecule has 1 rings (SSSR count). The summed E-state index contributed by atoms with van der Waals surface area (Å²) in [6, 6.07) is 7.17. The van der Waals surface area contributed by atoms with Gasteiger partial charge in [0.15, 0.2) is 0 Å². The van der Waals surface area contributed by atoms with Gasteiger partial charge in [0.1, 0.15) is 0 Å². The quantitative estimate of drug-likeness (QED) is 0.794. The summed E-state index contributed by atoms with van der Waals surface area (Å²) in [6.07, 6.45) is 1.13. The van der Waals surface area contributed by atoms with E-state index in [1.54, 1.807) is 7.11 Å². The minimum absolute atomic E-state index is 0.0551. The molecule has 2 unspecified atom stereocenters. The van der Waals surface area contributed by atoms with Crippen LogP contribution >= 0.6 is 0 Å². The Kier molecular flexibility index (Phi) is 7.20. The van der Waals surface area contributed by atoms with Gasteiger partial charge in [-0.25, -0.2) is 0 Å². The lowest BCUT2D eigenvalue weighted by Gasteiger charge is -2.31. The van der Waals surface area contributed by atoms with E-state index in [0.29, 0.717) is 6.04 Å². The van der Waals surface area contributed by atoms with Crippen LogP contribution in [0.15, 0.2) is 18.2 Å². The van der Waals surface area contributed by atoms with Gasteiger partial charge in [0.05, 0.1) is 6.61 Å². The molecule has 1 aromatic carbocycles. The van der Waals surface area contributed by atoms with Crippen molar-refractivity contribution in [3.63, 3.8) is 0 Å². The van der Waals surface area contributed by atoms with Crippen LogP contribution in [-0.4, -0.2) is 37.7 Å². The van der Waals surface area contributed by atoms with Crippen molar-refractivity contribution < 1.29 is 4.74 Å². The third kappa shape index (κ3) is 5.23. The highest BCUT2D eigenvalue weighted by Crippen LogP contribution is 2.17. The number of benzene rings is 1. The van der Waals surface area contributed by atoms with E-state index >= 15 is 0 Å². The van der Waals surface area contributed by atoms with Crippen LogP contribution in [0.4, 0.5) is 0 Å². The molecule has 0 aliphatic heterocycles. The molecule has 0 bridgehead atoms. The Morgan fingerprint density at radius 1 is 1.20 bits per heavy atom. The number of nitrogens with two attached hydrogens (primary N) is 1. The van der Waals surface area contributed by atoms with E-state index in [-0.39, 0.29) is 6.04 Å². The predicted octanol–water partition coefficient (Wildman–Crippen LogP) is 3.05. The molecule has 0 aliphatic rings. The van der Waals surface area contributed by atoms with E-state index in [9.17, 15) is 0 Å². The van der Waals surface area contributed by atoms with E-state index < -0.39 is 0 Å². The van der Waals surface area contributed by atoms with Crippen LogP contribution in [0.2, 0.25) is 0 Å². The van der Waals surface area contributed by atoms with Crippen LogP contribution in [0.1, 0.15) is 43.0 Å². The van der Waals surface area contributed by atoms with Gasteiger partial charge in [-0.05, 0) is 32.8 Å². The molecule has 3 nitrogen and oxygen atoms in total. The van der Waals surface area contributed by atoms with Crippen LogP contribution in [0, 0.1) is 13.8 Å². The Morgan fingerprint density at radius 3 is 2.30 bits per heavy atom. The maximum Gasteiger partial charge on any atom is 0.0589 e. The van der Waals surface area contributed by atoms with Gasteiger partial charge in [0.2, 0.25) is 0 Å². The normalized spacial score (nSPS) is 14.6. The van der Waals surface area contributed by atoms with Crippen LogP contribution < -0.4 is 5.73 Å². The highest BCUT2D eigenvalue weighted by atomic mass is 16.5. The number of aryl methyl sites for hydroxylation is 2. The number of nitrogens with zero attached hydrogens (tertiary/aromatic N) is 1. The predicted molar refractivity (Wildman–Crippen MR) is 86.0 cm³/mol. The first kappa shape index (κ1) is 17.2. The molecule has 20 heavy (non-hydrogen) atoms. The molecule has 0 amide bonds. The standard InChI is InChI=1S/C17H30N2O/c1-6-15(4)19(7-8-20-5)12-17(18)16-10-13(2)9-14(3)11-16/h9-11,15,17H,6-8,12,18H2,1-5H3. The summed E-state index contributed by atoms with van der Waals surface area (Å²) in [5.74, 6) is 0. The molecular formula is C17H30N2O. The first-order valence-corrected chi connectivity index (χ1v) is 7.54. The van der Waals surface area contributed by atoms with E-state index in [0.717, 1.165) is 26.1 Å². The second-order valence-corrected chi connectivity index (χ2v) is 5.77. The average molecular weight is 278 g/mol. The minimum atomic E-state index is 0.0551. The lowest BCUT2D eigenvalue weighted by atomic mass is 10.0. The maximum atomic E-state index is 6.42. The molecule has 0 radical (unpaired) electrons. The van der Waals surface area contributed by atoms with Crippen LogP contribution in [0.3, 0.4) is 0 Å². The van der Waals surface area contributed by atoms with Gasteiger partial charge in [-0.3, -0.25) is 4.90 Å². The van der Waals surface area contributed by atoms with Crippen molar-refractivity contribution in [2.45, 2.75) is 46.2 Å². The Balaban J connectivity index is 2.75. The first-order valence-electron chi connectivity index (χ1n) is 7.54. The second-order valence-electron chi connectivity index (χ2n) is 5.77. The van der Waals surface area contributed by atoms with Crippen molar-refractivity contribution in [1.82, 2.24) is 4.90 Å². The summed E-state index contributed by atoms with van der Waals surface area (Å²) >= 11 is 0. The van der Waals surface area contributed by atoms with Gasteiger partial charge in [0, 0.05) is 32.3 Å². The fourth-order valence-corrected chi connectivity index (χ4v) is 2.54. The van der Waals surface area contributed by atoms with Crippen molar-refractivity contribution in [2.24, 2.45) is 5.73 Å². The number of methoxy groups -OCH3 is 1. The summed E-state index contributed by atoms with van der Waals surface area (Å²) in [7, 11) is 1.75. The van der Waals surface area contributed by atoms with Crippen molar-refractivity contribution in [2.75, 3.05) is 26.8 Å². The molecule has 3 heteroatoms. The molecule has 0 aliphatic carbocycles. The molecule has 0 spiro atoms. The second kappa shape index (κ2) is 8.40. The Labute approximate surface area is 124 Å². The third-order valence-corrected chi connectivity index (χ3v) is 3.90. The fraction of sp³-hybridized carbons (Fsp3) is 0.647. The third-order valence-electron chi connectivity index (χ3n) is 3.90. The molecule has 0 aromatic heterocycles. The average Bonchev–Trinajstić information content (AvgIpc) is 2.41. The lowest BCUT2D eigenvalue weighted by Crippen LogP contribution is -2.40. The minimum Gasteiger partial charge on any atom is -0.383 e. The SMILES string of the molecule is CCC(C)N(CCOC)CC(N)c1cc(C)cc(C)c1. The smallest absolute Gasteiger partial charge is 0.0589 e. The highest BCUT2D eigenvalue weighted by molar-refractivity contribution is 5.30. The van der Waals surface area contributed by atoms with Crippen molar-refractivity contribution in [1.29, 1.82) is 0 Å². The molecule has 0 saturated carbocycles. The molecule has 0 fully saturated rings. The van der Waals surface area contributed by atoms with Crippen LogP contribution in [0.25, 0.3) is 0 Å². The largest absolute Gasteiger partial charge is 0.383 e. The summed E-state index contributed by atoms with van der Waals surface area (Å²) < 4.78 is 5.21. The number of hydrogen-bond donors (Lipinski definition) is 1. The van der Waals surface area contributed by atoms with Gasteiger partial charge < -0.3 is 10.5 Å². The van der Waals surface area contributed by atoms with Gasteiger partial charge in [-0.2, -0.15) is 0 Å². The highest BCUT2D eigenvalue weighted by Gasteiger charge is 2.17.